The molecule has 0 saturated heterocycles. The minimum absolute atomic E-state index is 0. The summed E-state index contributed by atoms with van der Waals surface area (Å²) in [4.78, 5) is 8.33. The van der Waals surface area contributed by atoms with Crippen LogP contribution in [0.5, 0.6) is 0 Å². The zero-order chi connectivity index (χ0) is 3.58. The molecule has 0 rings (SSSR count). The first kappa shape index (κ1) is 22.5. The van der Waals surface area contributed by atoms with Crippen LogP contribution in [-0.2, 0) is 0 Å². The van der Waals surface area contributed by atoms with Crippen molar-refractivity contribution in [3.8, 4) is 0 Å². The number of rotatable bonds is 0. The van der Waals surface area contributed by atoms with E-state index in [1.54, 1.807) is 0 Å². The summed E-state index contributed by atoms with van der Waals surface area (Å²) >= 11 is 0. The monoisotopic (exact) mass is 146 g/mol. The molecule has 0 aromatic carbocycles. The van der Waals surface area contributed by atoms with Gasteiger partial charge in [-0.25, -0.2) is 0 Å². The van der Waals surface area contributed by atoms with Crippen molar-refractivity contribution in [2.45, 2.75) is 0 Å². The predicted molar refractivity (Wildman–Crippen MR) is 6.51 cm³/mol. The number of hydrogen-bond acceptors (Lipinski definition) is 3. The van der Waals surface area contributed by atoms with Crippen LogP contribution >= 0.6 is 0 Å². The summed E-state index contributed by atoms with van der Waals surface area (Å²) < 4.78 is 0. The molecular formula is CHKNa2O3. The normalized spacial score (nSPS) is 3.43. The van der Waals surface area contributed by atoms with E-state index >= 15 is 0 Å². The Balaban J connectivity index is -0.00000000750. The van der Waals surface area contributed by atoms with Crippen LogP contribution in [0.1, 0.15) is 1.43 Å². The fourth-order valence-electron chi connectivity index (χ4n) is 0. The maximum atomic E-state index is 8.33. The fourth-order valence-corrected chi connectivity index (χ4v) is 0. The van der Waals surface area contributed by atoms with Gasteiger partial charge in [0.1, 0.15) is 0 Å². The van der Waals surface area contributed by atoms with Crippen molar-refractivity contribution in [2.24, 2.45) is 0 Å². The second kappa shape index (κ2) is 16.0. The second-order valence-corrected chi connectivity index (χ2v) is 0.250. The minimum atomic E-state index is -2.33. The van der Waals surface area contributed by atoms with Gasteiger partial charge in [-0.3, -0.25) is 0 Å². The van der Waals surface area contributed by atoms with E-state index in [1.165, 1.54) is 0 Å². The minimum Gasteiger partial charge on any atom is -1.00 e. The Morgan fingerprint density at radius 3 is 1.29 bits per heavy atom. The molecule has 0 N–H and O–H groups in total. The average Bonchev–Trinajstić information content (AvgIpc) is 0.811. The van der Waals surface area contributed by atoms with Gasteiger partial charge in [0.2, 0.25) is 0 Å². The molecule has 0 aromatic heterocycles. The van der Waals surface area contributed by atoms with E-state index in [-0.39, 0.29) is 112 Å². The maximum absolute atomic E-state index is 8.33. The second-order valence-electron chi connectivity index (χ2n) is 0.250. The number of carboxylic acid groups (broad SMARTS) is 2. The van der Waals surface area contributed by atoms with Crippen LogP contribution in [0.4, 0.5) is 4.79 Å². The van der Waals surface area contributed by atoms with Crippen molar-refractivity contribution < 1.29 is 127 Å². The van der Waals surface area contributed by atoms with Gasteiger partial charge in [-0.1, -0.05) is 0 Å². The van der Waals surface area contributed by atoms with Gasteiger partial charge in [0, 0.05) is 0 Å². The van der Waals surface area contributed by atoms with Crippen LogP contribution < -0.4 is 121 Å². The topological polar surface area (TPSA) is 63.2 Å². The average molecular weight is 146 g/mol. The zero-order valence-corrected chi connectivity index (χ0v) is 11.8. The predicted octanol–water partition coefficient (Wildman–Crippen LogP) is -11.3. The standard InChI is InChI=1S/CH2O3.K.2Na.H/c2-1(3)4;;;;/h(H2,2,3,4);;;;/q;3*+1;-1/p-2. The summed E-state index contributed by atoms with van der Waals surface area (Å²) in [6.45, 7) is 0. The van der Waals surface area contributed by atoms with Crippen LogP contribution in [0.3, 0.4) is 0 Å². The van der Waals surface area contributed by atoms with Crippen molar-refractivity contribution in [3.63, 3.8) is 0 Å². The van der Waals surface area contributed by atoms with Crippen LogP contribution in [0.2, 0.25) is 0 Å². The summed E-state index contributed by atoms with van der Waals surface area (Å²) in [7, 11) is 0. The van der Waals surface area contributed by atoms with Gasteiger partial charge >= 0.3 is 110 Å². The number of hydrogen-bond donors (Lipinski definition) is 0. The molecule has 3 nitrogen and oxygen atoms in total. The molecule has 0 atom stereocenters. The van der Waals surface area contributed by atoms with E-state index in [0.29, 0.717) is 0 Å². The summed E-state index contributed by atoms with van der Waals surface area (Å²) in [5.41, 5.74) is 0. The SMILES string of the molecule is O=C([O-])[O-].[H-].[K+].[Na+].[Na+]. The Morgan fingerprint density at radius 2 is 1.29 bits per heavy atom. The molecule has 7 heavy (non-hydrogen) atoms. The van der Waals surface area contributed by atoms with E-state index in [2.05, 4.69) is 0 Å². The molecule has 0 aromatic rings. The molecule has 0 aliphatic carbocycles. The Labute approximate surface area is 130 Å². The molecule has 0 aliphatic rings. The van der Waals surface area contributed by atoms with E-state index < -0.39 is 6.16 Å². The van der Waals surface area contributed by atoms with E-state index in [0.717, 1.165) is 0 Å². The molecule has 0 amide bonds. The van der Waals surface area contributed by atoms with E-state index in [4.69, 9.17) is 15.0 Å². The Hall–Kier alpha value is 2.91. The molecule has 0 radical (unpaired) electrons. The first-order valence-corrected chi connectivity index (χ1v) is 0.612. The van der Waals surface area contributed by atoms with Crippen molar-refractivity contribution in [1.29, 1.82) is 0 Å². The zero-order valence-electron chi connectivity index (χ0n) is 5.72. The van der Waals surface area contributed by atoms with Crippen LogP contribution in [0, 0.1) is 0 Å². The first-order chi connectivity index (χ1) is 1.73. The molecule has 0 spiro atoms. The fraction of sp³-hybridized carbons (Fsp3) is 0. The van der Waals surface area contributed by atoms with Gasteiger partial charge in [-0.15, -0.1) is 0 Å². The van der Waals surface area contributed by atoms with Gasteiger partial charge in [0.15, 0.2) is 0 Å². The molecule has 0 heterocycles. The molecule has 0 aliphatic heterocycles. The molecule has 0 fully saturated rings. The van der Waals surface area contributed by atoms with Gasteiger partial charge in [-0.2, -0.15) is 0 Å². The largest absolute Gasteiger partial charge is 1.00 e. The smallest absolute Gasteiger partial charge is 1.00 e. The maximum Gasteiger partial charge on any atom is 1.00 e. The molecule has 26 valence electrons. The summed E-state index contributed by atoms with van der Waals surface area (Å²) in [6, 6.07) is 0. The molecule has 6 heteroatoms. The third-order valence-corrected chi connectivity index (χ3v) is 0. The van der Waals surface area contributed by atoms with Crippen molar-refractivity contribution in [1.82, 2.24) is 0 Å². The van der Waals surface area contributed by atoms with E-state index in [9.17, 15) is 0 Å². The van der Waals surface area contributed by atoms with Crippen LogP contribution in [0.15, 0.2) is 0 Å². The van der Waals surface area contributed by atoms with Crippen LogP contribution in [0.25, 0.3) is 0 Å². The Kier molecular flexibility index (Phi) is 51.4. The number of carbonyl (C=O) groups excluding carboxylic acids is 1. The summed E-state index contributed by atoms with van der Waals surface area (Å²) in [6.07, 6.45) is -2.33. The Bertz CT molecular complexity index is 40.3. The first-order valence-electron chi connectivity index (χ1n) is 0.612. The number of carbonyl (C=O) groups is 1. The molecular weight excluding hydrogens is 145 g/mol. The third kappa shape index (κ3) is 50.3. The van der Waals surface area contributed by atoms with E-state index in [1.807, 2.05) is 0 Å². The summed E-state index contributed by atoms with van der Waals surface area (Å²) in [5.74, 6) is 0. The molecule has 0 unspecified atom stereocenters. The van der Waals surface area contributed by atoms with Crippen molar-refractivity contribution >= 4 is 6.16 Å². The Morgan fingerprint density at radius 1 is 1.29 bits per heavy atom. The quantitative estimate of drug-likeness (QED) is 0.319. The molecule has 0 saturated carbocycles. The van der Waals surface area contributed by atoms with Crippen molar-refractivity contribution in [3.05, 3.63) is 0 Å². The van der Waals surface area contributed by atoms with Gasteiger partial charge in [0.05, 0.1) is 0 Å². The van der Waals surface area contributed by atoms with Crippen molar-refractivity contribution in [2.75, 3.05) is 0 Å². The van der Waals surface area contributed by atoms with Gasteiger partial charge < -0.3 is 16.4 Å². The van der Waals surface area contributed by atoms with Gasteiger partial charge in [0.25, 0.3) is 0 Å². The van der Waals surface area contributed by atoms with Gasteiger partial charge in [-0.05, 0) is 6.16 Å². The summed E-state index contributed by atoms with van der Waals surface area (Å²) in [5, 5.41) is 16.7. The third-order valence-electron chi connectivity index (χ3n) is 0. The van der Waals surface area contributed by atoms with Crippen LogP contribution in [-0.4, -0.2) is 6.16 Å². The molecule has 0 bridgehead atoms.